The largest absolute Gasteiger partial charge is 0.325 e. The smallest absolute Gasteiger partial charge is 0.237 e. The van der Waals surface area contributed by atoms with Crippen LogP contribution in [0, 0.1) is 0 Å². The van der Waals surface area contributed by atoms with Crippen molar-refractivity contribution in [1.29, 1.82) is 0 Å². The number of rotatable bonds is 7. The van der Waals surface area contributed by atoms with Crippen LogP contribution in [0.5, 0.6) is 0 Å². The van der Waals surface area contributed by atoms with Crippen LogP contribution in [0.15, 0.2) is 53.9 Å². The Bertz CT molecular complexity index is 997. The number of amides is 1. The molecule has 0 spiro atoms. The summed E-state index contributed by atoms with van der Waals surface area (Å²) < 4.78 is 2.17. The van der Waals surface area contributed by atoms with Crippen LogP contribution in [0.3, 0.4) is 0 Å². The third-order valence-corrected chi connectivity index (χ3v) is 6.06. The summed E-state index contributed by atoms with van der Waals surface area (Å²) >= 11 is 1.46. The van der Waals surface area contributed by atoms with E-state index in [1.807, 2.05) is 37.3 Å². The summed E-state index contributed by atoms with van der Waals surface area (Å²) in [6, 6.07) is 12.3. The number of para-hydroxylation sites is 1. The monoisotopic (exact) mass is 407 g/mol. The predicted octanol–water partition coefficient (Wildman–Crippen LogP) is 4.92. The number of hydrogen-bond acceptors (Lipinski definition) is 5. The van der Waals surface area contributed by atoms with E-state index in [4.69, 9.17) is 0 Å². The number of anilines is 1. The van der Waals surface area contributed by atoms with Gasteiger partial charge in [0.1, 0.15) is 0 Å². The summed E-state index contributed by atoms with van der Waals surface area (Å²) in [5.74, 6) is 1.16. The van der Waals surface area contributed by atoms with Crippen LogP contribution in [0.25, 0.3) is 11.4 Å². The van der Waals surface area contributed by atoms with Crippen LogP contribution < -0.4 is 5.32 Å². The highest BCUT2D eigenvalue weighted by atomic mass is 32.2. The van der Waals surface area contributed by atoms with Crippen LogP contribution in [0.2, 0.25) is 0 Å². The number of pyridine rings is 1. The Balaban J connectivity index is 1.52. The Hall–Kier alpha value is -2.67. The molecule has 0 bridgehead atoms. The summed E-state index contributed by atoms with van der Waals surface area (Å²) in [4.78, 5) is 17.0. The molecule has 1 fully saturated rings. The van der Waals surface area contributed by atoms with Crippen molar-refractivity contribution in [3.8, 4) is 11.4 Å². The van der Waals surface area contributed by atoms with Crippen LogP contribution in [0.4, 0.5) is 5.69 Å². The topological polar surface area (TPSA) is 72.7 Å². The molecule has 1 aromatic carbocycles. The number of benzene rings is 1. The fraction of sp³-hybridized carbons (Fsp3) is 0.364. The number of nitrogens with zero attached hydrogens (tertiary/aromatic N) is 4. The second-order valence-corrected chi connectivity index (χ2v) is 8.94. The third kappa shape index (κ3) is 4.34. The standard InChI is InChI=1S/C22H25N5OS/c1-14(2)18-6-4-5-7-19(18)24-21(28)15(3)29-22-26-25-20(27(22)17-8-9-17)16-10-12-23-13-11-16/h4-7,10-15,17H,8-9H2,1-3H3,(H,24,28). The maximum absolute atomic E-state index is 12.9. The molecule has 2 heterocycles. The van der Waals surface area contributed by atoms with Crippen LogP contribution >= 0.6 is 11.8 Å². The van der Waals surface area contributed by atoms with E-state index in [2.05, 4.69) is 45.0 Å². The molecule has 29 heavy (non-hydrogen) atoms. The molecule has 4 rings (SSSR count). The maximum atomic E-state index is 12.9. The van der Waals surface area contributed by atoms with Gasteiger partial charge in [0, 0.05) is 29.7 Å². The van der Waals surface area contributed by atoms with Gasteiger partial charge in [0.05, 0.1) is 5.25 Å². The number of hydrogen-bond donors (Lipinski definition) is 1. The quantitative estimate of drug-likeness (QED) is 0.563. The molecule has 2 aromatic heterocycles. The zero-order chi connectivity index (χ0) is 20.4. The SMILES string of the molecule is CC(Sc1nnc(-c2ccncc2)n1C1CC1)C(=O)Nc1ccccc1C(C)C. The first kappa shape index (κ1) is 19.6. The lowest BCUT2D eigenvalue weighted by Crippen LogP contribution is -2.23. The van der Waals surface area contributed by atoms with Crippen molar-refractivity contribution in [2.75, 3.05) is 5.32 Å². The fourth-order valence-electron chi connectivity index (χ4n) is 3.28. The highest BCUT2D eigenvalue weighted by Crippen LogP contribution is 2.41. The molecule has 0 aliphatic heterocycles. The van der Waals surface area contributed by atoms with E-state index in [1.54, 1.807) is 12.4 Å². The number of thioether (sulfide) groups is 1. The van der Waals surface area contributed by atoms with E-state index in [0.717, 1.165) is 40.6 Å². The van der Waals surface area contributed by atoms with Crippen LogP contribution in [0.1, 0.15) is 51.1 Å². The molecular weight excluding hydrogens is 382 g/mol. The van der Waals surface area contributed by atoms with Gasteiger partial charge >= 0.3 is 0 Å². The Morgan fingerprint density at radius 3 is 2.52 bits per heavy atom. The lowest BCUT2D eigenvalue weighted by atomic mass is 10.0. The van der Waals surface area contributed by atoms with Crippen molar-refractivity contribution in [2.24, 2.45) is 0 Å². The van der Waals surface area contributed by atoms with Crippen LogP contribution in [-0.4, -0.2) is 30.9 Å². The van der Waals surface area contributed by atoms with Gasteiger partial charge in [-0.25, -0.2) is 0 Å². The Kier molecular flexibility index (Phi) is 5.67. The Morgan fingerprint density at radius 2 is 1.83 bits per heavy atom. The Labute approximate surface area is 175 Å². The number of aromatic nitrogens is 4. The summed E-state index contributed by atoms with van der Waals surface area (Å²) in [6.07, 6.45) is 5.75. The van der Waals surface area contributed by atoms with Gasteiger partial charge < -0.3 is 5.32 Å². The molecule has 1 aliphatic rings. The minimum absolute atomic E-state index is 0.0288. The molecular formula is C22H25N5OS. The zero-order valence-electron chi connectivity index (χ0n) is 16.9. The second-order valence-electron chi connectivity index (χ2n) is 7.63. The normalized spacial score (nSPS) is 14.8. The van der Waals surface area contributed by atoms with Gasteiger partial charge in [-0.05, 0) is 49.4 Å². The average molecular weight is 408 g/mol. The molecule has 7 heteroatoms. The van der Waals surface area contributed by atoms with Gasteiger partial charge in [0.15, 0.2) is 11.0 Å². The lowest BCUT2D eigenvalue weighted by Gasteiger charge is -2.16. The van der Waals surface area contributed by atoms with Gasteiger partial charge in [-0.3, -0.25) is 14.3 Å². The molecule has 1 unspecified atom stereocenters. The first-order chi connectivity index (χ1) is 14.0. The van der Waals surface area contributed by atoms with Gasteiger partial charge in [-0.15, -0.1) is 10.2 Å². The highest BCUT2D eigenvalue weighted by molar-refractivity contribution is 8.00. The van der Waals surface area contributed by atoms with Crippen molar-refractivity contribution < 1.29 is 4.79 Å². The van der Waals surface area contributed by atoms with Crippen molar-refractivity contribution >= 4 is 23.4 Å². The number of carbonyl (C=O) groups excluding carboxylic acids is 1. The van der Waals surface area contributed by atoms with Crippen molar-refractivity contribution in [3.05, 3.63) is 54.4 Å². The van der Waals surface area contributed by atoms with Crippen molar-refractivity contribution in [1.82, 2.24) is 19.7 Å². The molecule has 1 saturated carbocycles. The third-order valence-electron chi connectivity index (χ3n) is 5.01. The van der Waals surface area contributed by atoms with E-state index < -0.39 is 0 Å². The zero-order valence-corrected chi connectivity index (χ0v) is 17.7. The van der Waals surface area contributed by atoms with Gasteiger partial charge in [-0.2, -0.15) is 0 Å². The summed E-state index contributed by atoms with van der Waals surface area (Å²) in [6.45, 7) is 6.17. The van der Waals surface area contributed by atoms with Crippen molar-refractivity contribution in [3.63, 3.8) is 0 Å². The van der Waals surface area contributed by atoms with Gasteiger partial charge in [-0.1, -0.05) is 43.8 Å². The molecule has 1 amide bonds. The minimum atomic E-state index is -0.290. The van der Waals surface area contributed by atoms with E-state index in [9.17, 15) is 4.79 Å². The molecule has 1 aliphatic carbocycles. The summed E-state index contributed by atoms with van der Waals surface area (Å²) in [5.41, 5.74) is 3.01. The van der Waals surface area contributed by atoms with E-state index >= 15 is 0 Å². The second kappa shape index (κ2) is 8.37. The predicted molar refractivity (Wildman–Crippen MR) is 116 cm³/mol. The lowest BCUT2D eigenvalue weighted by molar-refractivity contribution is -0.115. The van der Waals surface area contributed by atoms with E-state index in [-0.39, 0.29) is 11.2 Å². The first-order valence-corrected chi connectivity index (χ1v) is 10.8. The first-order valence-electron chi connectivity index (χ1n) is 9.96. The average Bonchev–Trinajstić information content (AvgIpc) is 3.48. The summed E-state index contributed by atoms with van der Waals surface area (Å²) in [7, 11) is 0. The molecule has 6 nitrogen and oxygen atoms in total. The molecule has 150 valence electrons. The van der Waals surface area contributed by atoms with E-state index in [1.165, 1.54) is 11.8 Å². The Morgan fingerprint density at radius 1 is 1.10 bits per heavy atom. The molecule has 1 atom stereocenters. The number of nitrogens with one attached hydrogen (secondary N) is 1. The van der Waals surface area contributed by atoms with Crippen molar-refractivity contribution in [2.45, 2.75) is 56.0 Å². The van der Waals surface area contributed by atoms with Gasteiger partial charge in [0.2, 0.25) is 5.91 Å². The highest BCUT2D eigenvalue weighted by Gasteiger charge is 2.31. The number of carbonyl (C=O) groups is 1. The maximum Gasteiger partial charge on any atom is 0.237 e. The summed E-state index contributed by atoms with van der Waals surface area (Å²) in [5, 5.41) is 12.4. The molecule has 3 aromatic rings. The van der Waals surface area contributed by atoms with Crippen LogP contribution in [-0.2, 0) is 4.79 Å². The minimum Gasteiger partial charge on any atom is -0.325 e. The van der Waals surface area contributed by atoms with Gasteiger partial charge in [0.25, 0.3) is 0 Å². The molecule has 0 saturated heterocycles. The molecule has 0 radical (unpaired) electrons. The van der Waals surface area contributed by atoms with E-state index in [0.29, 0.717) is 12.0 Å². The fourth-order valence-corrected chi connectivity index (χ4v) is 4.20. The molecule has 1 N–H and O–H groups in total.